The molecule has 2 atom stereocenters. The van der Waals surface area contributed by atoms with Gasteiger partial charge in [0.2, 0.25) is 0 Å². The van der Waals surface area contributed by atoms with Crippen LogP contribution in [0.15, 0.2) is 0 Å². The highest BCUT2D eigenvalue weighted by Crippen LogP contribution is 2.34. The average molecular weight is 212 g/mol. The van der Waals surface area contributed by atoms with Crippen molar-refractivity contribution in [2.75, 3.05) is 7.11 Å². The van der Waals surface area contributed by atoms with Crippen molar-refractivity contribution < 1.29 is 9.53 Å². The van der Waals surface area contributed by atoms with Crippen LogP contribution in [-0.2, 0) is 9.53 Å². The lowest BCUT2D eigenvalue weighted by Crippen LogP contribution is -2.40. The zero-order chi connectivity index (χ0) is 11.5. The molecule has 1 aliphatic rings. The zero-order valence-corrected chi connectivity index (χ0v) is 10.5. The van der Waals surface area contributed by atoms with Crippen molar-refractivity contribution in [1.29, 1.82) is 0 Å². The molecule has 0 radical (unpaired) electrons. The fourth-order valence-electron chi connectivity index (χ4n) is 2.49. The summed E-state index contributed by atoms with van der Waals surface area (Å²) in [6.45, 7) is 5.98. The van der Waals surface area contributed by atoms with Crippen molar-refractivity contribution in [2.24, 2.45) is 11.8 Å². The Morgan fingerprint density at radius 3 is 2.60 bits per heavy atom. The van der Waals surface area contributed by atoms with E-state index in [1.165, 1.54) is 19.3 Å². The molecule has 2 heteroatoms. The van der Waals surface area contributed by atoms with Gasteiger partial charge in [0, 0.05) is 13.0 Å². The van der Waals surface area contributed by atoms with Gasteiger partial charge >= 0.3 is 0 Å². The van der Waals surface area contributed by atoms with Crippen LogP contribution in [0.4, 0.5) is 0 Å². The molecule has 0 aromatic carbocycles. The van der Waals surface area contributed by atoms with Gasteiger partial charge < -0.3 is 4.74 Å². The van der Waals surface area contributed by atoms with Crippen LogP contribution in [0.25, 0.3) is 0 Å². The maximum Gasteiger partial charge on any atom is 0.167 e. The summed E-state index contributed by atoms with van der Waals surface area (Å²) in [7, 11) is 1.62. The summed E-state index contributed by atoms with van der Waals surface area (Å²) in [4.78, 5) is 12.2. The Bertz CT molecular complexity index is 221. The predicted octanol–water partition coefficient (Wildman–Crippen LogP) is 3.20. The van der Waals surface area contributed by atoms with Crippen LogP contribution in [0.1, 0.15) is 52.9 Å². The first kappa shape index (κ1) is 12.7. The largest absolute Gasteiger partial charge is 0.371 e. The van der Waals surface area contributed by atoms with Gasteiger partial charge in [0.25, 0.3) is 0 Å². The summed E-state index contributed by atoms with van der Waals surface area (Å²) in [5.74, 6) is 1.28. The third-order valence-electron chi connectivity index (χ3n) is 3.83. The van der Waals surface area contributed by atoms with Gasteiger partial charge in [-0.15, -0.1) is 0 Å². The van der Waals surface area contributed by atoms with Gasteiger partial charge in [-0.3, -0.25) is 4.79 Å². The minimum atomic E-state index is -0.597. The number of methoxy groups -OCH3 is 1. The zero-order valence-electron chi connectivity index (χ0n) is 10.5. The molecular weight excluding hydrogens is 188 g/mol. The normalized spacial score (nSPS) is 27.7. The van der Waals surface area contributed by atoms with Gasteiger partial charge in [0.05, 0.1) is 0 Å². The molecule has 0 spiro atoms. The first-order valence-corrected chi connectivity index (χ1v) is 6.10. The highest BCUT2D eigenvalue weighted by atomic mass is 16.5. The summed E-state index contributed by atoms with van der Waals surface area (Å²) < 4.78 is 5.27. The Hall–Kier alpha value is -0.370. The summed E-state index contributed by atoms with van der Waals surface area (Å²) in [5, 5.41) is 0. The summed E-state index contributed by atoms with van der Waals surface area (Å²) >= 11 is 0. The molecule has 0 aromatic heterocycles. The second kappa shape index (κ2) is 5.11. The molecule has 1 aliphatic carbocycles. The third kappa shape index (κ3) is 3.04. The maximum absolute atomic E-state index is 12.2. The van der Waals surface area contributed by atoms with E-state index in [9.17, 15) is 4.79 Å². The van der Waals surface area contributed by atoms with Crippen molar-refractivity contribution in [1.82, 2.24) is 0 Å². The molecule has 0 saturated heterocycles. The topological polar surface area (TPSA) is 26.3 Å². The van der Waals surface area contributed by atoms with Gasteiger partial charge in [-0.1, -0.05) is 26.2 Å². The molecular formula is C13H24O2. The minimum absolute atomic E-state index is 0.235. The molecule has 0 aliphatic heterocycles. The molecule has 2 unspecified atom stereocenters. The van der Waals surface area contributed by atoms with E-state index in [1.807, 2.05) is 13.8 Å². The van der Waals surface area contributed by atoms with Crippen LogP contribution in [0.2, 0.25) is 0 Å². The second-order valence-corrected chi connectivity index (χ2v) is 5.22. The minimum Gasteiger partial charge on any atom is -0.371 e. The Morgan fingerprint density at radius 1 is 1.40 bits per heavy atom. The lowest BCUT2D eigenvalue weighted by Gasteiger charge is -2.32. The third-order valence-corrected chi connectivity index (χ3v) is 3.83. The molecule has 0 heterocycles. The lowest BCUT2D eigenvalue weighted by molar-refractivity contribution is -0.143. The van der Waals surface area contributed by atoms with E-state index in [2.05, 4.69) is 6.92 Å². The Balaban J connectivity index is 2.60. The van der Waals surface area contributed by atoms with Gasteiger partial charge in [0.1, 0.15) is 5.60 Å². The number of hydrogen-bond donors (Lipinski definition) is 0. The van der Waals surface area contributed by atoms with E-state index < -0.39 is 5.60 Å². The first-order valence-electron chi connectivity index (χ1n) is 6.10. The highest BCUT2D eigenvalue weighted by Gasteiger charge is 2.35. The van der Waals surface area contributed by atoms with Crippen LogP contribution in [0, 0.1) is 11.8 Å². The summed E-state index contributed by atoms with van der Waals surface area (Å²) in [5.41, 5.74) is -0.597. The predicted molar refractivity (Wildman–Crippen MR) is 61.8 cm³/mol. The van der Waals surface area contributed by atoms with E-state index in [-0.39, 0.29) is 5.92 Å². The average Bonchev–Trinajstić information content (AvgIpc) is 2.28. The van der Waals surface area contributed by atoms with Gasteiger partial charge in [-0.25, -0.2) is 0 Å². The van der Waals surface area contributed by atoms with Crippen LogP contribution < -0.4 is 0 Å². The Kier molecular flexibility index (Phi) is 4.32. The molecule has 0 bridgehead atoms. The molecule has 1 fully saturated rings. The molecule has 1 rings (SSSR count). The van der Waals surface area contributed by atoms with Crippen LogP contribution in [0.3, 0.4) is 0 Å². The van der Waals surface area contributed by atoms with E-state index in [0.29, 0.717) is 5.78 Å². The van der Waals surface area contributed by atoms with Crippen LogP contribution >= 0.6 is 0 Å². The van der Waals surface area contributed by atoms with Gasteiger partial charge in [-0.2, -0.15) is 0 Å². The van der Waals surface area contributed by atoms with Crippen LogP contribution in [-0.4, -0.2) is 18.5 Å². The van der Waals surface area contributed by atoms with Crippen molar-refractivity contribution in [3.05, 3.63) is 0 Å². The first-order chi connectivity index (χ1) is 7.01. The monoisotopic (exact) mass is 212 g/mol. The molecule has 0 aromatic rings. The smallest absolute Gasteiger partial charge is 0.167 e. The van der Waals surface area contributed by atoms with Crippen LogP contribution in [0.5, 0.6) is 0 Å². The van der Waals surface area contributed by atoms with Gasteiger partial charge in [0.15, 0.2) is 5.78 Å². The molecule has 15 heavy (non-hydrogen) atoms. The van der Waals surface area contributed by atoms with Gasteiger partial charge in [-0.05, 0) is 32.6 Å². The number of carbonyl (C=O) groups is 1. The van der Waals surface area contributed by atoms with Crippen molar-refractivity contribution >= 4 is 5.78 Å². The number of ether oxygens (including phenoxy) is 1. The second-order valence-electron chi connectivity index (χ2n) is 5.22. The van der Waals surface area contributed by atoms with E-state index in [4.69, 9.17) is 4.74 Å². The summed E-state index contributed by atoms with van der Waals surface area (Å²) in [6, 6.07) is 0. The Labute approximate surface area is 93.4 Å². The maximum atomic E-state index is 12.2. The Morgan fingerprint density at radius 2 is 2.07 bits per heavy atom. The number of ketones is 1. The molecule has 1 saturated carbocycles. The van der Waals surface area contributed by atoms with E-state index in [1.54, 1.807) is 7.11 Å². The number of hydrogen-bond acceptors (Lipinski definition) is 2. The van der Waals surface area contributed by atoms with Crippen molar-refractivity contribution in [3.63, 3.8) is 0 Å². The fourth-order valence-corrected chi connectivity index (χ4v) is 2.49. The number of carbonyl (C=O) groups excluding carboxylic acids is 1. The molecule has 2 nitrogen and oxygen atoms in total. The van der Waals surface area contributed by atoms with Crippen molar-refractivity contribution in [3.8, 4) is 0 Å². The SMILES string of the molecule is CCC1CCCC(C(=O)C(C)(C)OC)C1. The number of Topliss-reactive ketones (excluding diaryl/α,β-unsaturated/α-hetero) is 1. The van der Waals surface area contributed by atoms with E-state index in [0.717, 1.165) is 18.8 Å². The van der Waals surface area contributed by atoms with E-state index >= 15 is 0 Å². The van der Waals surface area contributed by atoms with Crippen molar-refractivity contribution in [2.45, 2.75) is 58.5 Å². The molecule has 88 valence electrons. The summed E-state index contributed by atoms with van der Waals surface area (Å²) in [6.07, 6.45) is 5.84. The fraction of sp³-hybridized carbons (Fsp3) is 0.923. The highest BCUT2D eigenvalue weighted by molar-refractivity contribution is 5.88. The lowest BCUT2D eigenvalue weighted by atomic mass is 9.75. The quantitative estimate of drug-likeness (QED) is 0.715. The standard InChI is InChI=1S/C13H24O2/c1-5-10-7-6-8-11(9-10)12(14)13(2,3)15-4/h10-11H,5-9H2,1-4H3. The molecule has 0 amide bonds. The number of rotatable bonds is 4. The molecule has 0 N–H and O–H groups in total.